The van der Waals surface area contributed by atoms with E-state index in [1.807, 2.05) is 35.0 Å². The second kappa shape index (κ2) is 12.2. The molecule has 0 saturated heterocycles. The molecule has 0 bridgehead atoms. The molecule has 9 heteroatoms. The lowest BCUT2D eigenvalue weighted by atomic mass is 10.2. The summed E-state index contributed by atoms with van der Waals surface area (Å²) in [6.45, 7) is 2.97. The molecular formula is C28H26FN3O4S. The fraction of sp³-hybridized carbons (Fsp3) is 0.179. The Morgan fingerprint density at radius 1 is 0.946 bits per heavy atom. The fourth-order valence-corrected chi connectivity index (χ4v) is 4.64. The number of rotatable bonds is 10. The van der Waals surface area contributed by atoms with Crippen LogP contribution in [0.1, 0.15) is 27.6 Å². The first kappa shape index (κ1) is 26.0. The molecule has 4 rings (SSSR count). The Labute approximate surface area is 218 Å². The number of ether oxygens (including phenoxy) is 1. The predicted octanol–water partition coefficient (Wildman–Crippen LogP) is 5.12. The molecule has 3 aromatic carbocycles. The number of halogens is 1. The van der Waals surface area contributed by atoms with Crippen molar-refractivity contribution in [1.29, 1.82) is 0 Å². The van der Waals surface area contributed by atoms with Gasteiger partial charge in [-0.15, -0.1) is 11.8 Å². The number of carbonyl (C=O) groups excluding carboxylic acids is 3. The van der Waals surface area contributed by atoms with Gasteiger partial charge in [0.2, 0.25) is 5.91 Å². The lowest BCUT2D eigenvalue weighted by molar-refractivity contribution is -0.113. The van der Waals surface area contributed by atoms with Crippen LogP contribution in [0.4, 0.5) is 10.1 Å². The van der Waals surface area contributed by atoms with Gasteiger partial charge in [-0.1, -0.05) is 18.2 Å². The quantitative estimate of drug-likeness (QED) is 0.224. The van der Waals surface area contributed by atoms with Crippen molar-refractivity contribution in [2.45, 2.75) is 18.4 Å². The van der Waals surface area contributed by atoms with Crippen molar-refractivity contribution >= 4 is 46.1 Å². The number of amides is 2. The molecule has 2 amide bonds. The minimum absolute atomic E-state index is 0.169. The van der Waals surface area contributed by atoms with Gasteiger partial charge in [0, 0.05) is 46.3 Å². The van der Waals surface area contributed by atoms with Crippen molar-refractivity contribution in [2.24, 2.45) is 0 Å². The van der Waals surface area contributed by atoms with E-state index in [9.17, 15) is 18.8 Å². The number of esters is 1. The van der Waals surface area contributed by atoms with Crippen molar-refractivity contribution < 1.29 is 23.5 Å². The topological polar surface area (TPSA) is 89.4 Å². The van der Waals surface area contributed by atoms with Crippen LogP contribution >= 0.6 is 11.8 Å². The molecule has 0 atom stereocenters. The Kier molecular flexibility index (Phi) is 8.58. The molecule has 0 spiro atoms. The number of carbonyl (C=O) groups is 3. The van der Waals surface area contributed by atoms with E-state index in [-0.39, 0.29) is 23.4 Å². The van der Waals surface area contributed by atoms with Gasteiger partial charge in [-0.25, -0.2) is 9.18 Å². The van der Waals surface area contributed by atoms with E-state index in [0.29, 0.717) is 36.5 Å². The highest BCUT2D eigenvalue weighted by atomic mass is 32.2. The first-order chi connectivity index (χ1) is 17.9. The largest absolute Gasteiger partial charge is 0.462 e. The van der Waals surface area contributed by atoms with Gasteiger partial charge in [0.1, 0.15) is 5.82 Å². The summed E-state index contributed by atoms with van der Waals surface area (Å²) in [5.74, 6) is -1.02. The molecule has 0 unspecified atom stereocenters. The minimum Gasteiger partial charge on any atom is -0.462 e. The van der Waals surface area contributed by atoms with Gasteiger partial charge in [0.15, 0.2) is 0 Å². The number of aromatic nitrogens is 1. The van der Waals surface area contributed by atoms with Crippen LogP contribution in [-0.2, 0) is 16.1 Å². The molecule has 2 N–H and O–H groups in total. The molecule has 0 fully saturated rings. The highest BCUT2D eigenvalue weighted by Gasteiger charge is 2.12. The number of benzene rings is 3. The highest BCUT2D eigenvalue weighted by Crippen LogP contribution is 2.30. The van der Waals surface area contributed by atoms with Crippen molar-refractivity contribution in [3.05, 3.63) is 95.9 Å². The first-order valence-corrected chi connectivity index (χ1v) is 12.7. The van der Waals surface area contributed by atoms with Crippen LogP contribution in [0.25, 0.3) is 10.9 Å². The van der Waals surface area contributed by atoms with Crippen LogP contribution in [0.5, 0.6) is 0 Å². The summed E-state index contributed by atoms with van der Waals surface area (Å²) in [4.78, 5) is 37.6. The monoisotopic (exact) mass is 519 g/mol. The van der Waals surface area contributed by atoms with Gasteiger partial charge < -0.3 is 19.9 Å². The summed E-state index contributed by atoms with van der Waals surface area (Å²) < 4.78 is 20.1. The zero-order chi connectivity index (χ0) is 26.2. The van der Waals surface area contributed by atoms with Crippen LogP contribution in [0.3, 0.4) is 0 Å². The average Bonchev–Trinajstić information content (AvgIpc) is 3.26. The fourth-order valence-electron chi connectivity index (χ4n) is 3.75. The average molecular weight is 520 g/mol. The normalized spacial score (nSPS) is 10.8. The van der Waals surface area contributed by atoms with Gasteiger partial charge in [-0.2, -0.15) is 0 Å². The number of fused-ring (bicyclic) bond motifs is 1. The molecule has 0 aliphatic heterocycles. The zero-order valence-electron chi connectivity index (χ0n) is 20.2. The number of para-hydroxylation sites is 1. The standard InChI is InChI=1S/C28H26FN3O4S/c1-2-36-28(35)20-9-13-22(14-10-20)31-26(33)18-37-25-17-32(24-6-4-3-5-23(24)25)16-15-30-27(34)19-7-11-21(29)12-8-19/h3-14,17H,2,15-16,18H2,1H3,(H,30,34)(H,31,33). The van der Waals surface area contributed by atoms with E-state index >= 15 is 0 Å². The number of thioether (sulfide) groups is 1. The van der Waals surface area contributed by atoms with Gasteiger partial charge in [0.05, 0.1) is 17.9 Å². The van der Waals surface area contributed by atoms with Gasteiger partial charge in [-0.05, 0) is 61.5 Å². The highest BCUT2D eigenvalue weighted by molar-refractivity contribution is 8.00. The SMILES string of the molecule is CCOC(=O)c1ccc(NC(=O)CSc2cn(CCNC(=O)c3ccc(F)cc3)c3ccccc23)cc1. The Morgan fingerprint density at radius 2 is 1.65 bits per heavy atom. The molecule has 37 heavy (non-hydrogen) atoms. The molecule has 0 aliphatic rings. The van der Waals surface area contributed by atoms with Crippen LogP contribution in [0, 0.1) is 5.82 Å². The number of anilines is 1. The molecule has 4 aromatic rings. The second-order valence-corrected chi connectivity index (χ2v) is 9.12. The predicted molar refractivity (Wildman–Crippen MR) is 142 cm³/mol. The van der Waals surface area contributed by atoms with E-state index in [1.54, 1.807) is 31.2 Å². The zero-order valence-corrected chi connectivity index (χ0v) is 21.0. The maximum Gasteiger partial charge on any atom is 0.338 e. The lowest BCUT2D eigenvalue weighted by Crippen LogP contribution is -2.27. The summed E-state index contributed by atoms with van der Waals surface area (Å²) in [5, 5.41) is 6.71. The summed E-state index contributed by atoms with van der Waals surface area (Å²) in [6.07, 6.45) is 1.97. The number of hydrogen-bond donors (Lipinski definition) is 2. The molecule has 7 nitrogen and oxygen atoms in total. The van der Waals surface area contributed by atoms with E-state index in [1.165, 1.54) is 36.0 Å². The summed E-state index contributed by atoms with van der Waals surface area (Å²) in [5.41, 5.74) is 2.42. The van der Waals surface area contributed by atoms with Crippen molar-refractivity contribution in [3.8, 4) is 0 Å². The van der Waals surface area contributed by atoms with Crippen molar-refractivity contribution in [1.82, 2.24) is 9.88 Å². The number of nitrogens with zero attached hydrogens (tertiary/aromatic N) is 1. The van der Waals surface area contributed by atoms with Gasteiger partial charge in [-0.3, -0.25) is 9.59 Å². The molecular weight excluding hydrogens is 493 g/mol. The van der Waals surface area contributed by atoms with Gasteiger partial charge in [0.25, 0.3) is 5.91 Å². The molecule has 190 valence electrons. The molecule has 1 aromatic heterocycles. The van der Waals surface area contributed by atoms with E-state index < -0.39 is 5.97 Å². The van der Waals surface area contributed by atoms with Crippen molar-refractivity contribution in [2.75, 3.05) is 24.2 Å². The third-order valence-electron chi connectivity index (χ3n) is 5.54. The molecule has 0 aliphatic carbocycles. The summed E-state index contributed by atoms with van der Waals surface area (Å²) in [6, 6.07) is 19.8. The van der Waals surface area contributed by atoms with Crippen LogP contribution in [0.15, 0.2) is 83.9 Å². The Bertz CT molecular complexity index is 1400. The third kappa shape index (κ3) is 6.77. The second-order valence-electron chi connectivity index (χ2n) is 8.10. The van der Waals surface area contributed by atoms with E-state index in [0.717, 1.165) is 15.8 Å². The lowest BCUT2D eigenvalue weighted by Gasteiger charge is -2.08. The van der Waals surface area contributed by atoms with Crippen LogP contribution < -0.4 is 10.6 Å². The summed E-state index contributed by atoms with van der Waals surface area (Å²) in [7, 11) is 0. The maximum absolute atomic E-state index is 13.1. The van der Waals surface area contributed by atoms with E-state index in [2.05, 4.69) is 10.6 Å². The number of nitrogens with one attached hydrogen (secondary N) is 2. The Hall–Kier alpha value is -4.11. The minimum atomic E-state index is -0.401. The summed E-state index contributed by atoms with van der Waals surface area (Å²) >= 11 is 1.42. The first-order valence-electron chi connectivity index (χ1n) is 11.8. The molecule has 0 radical (unpaired) electrons. The van der Waals surface area contributed by atoms with Crippen molar-refractivity contribution in [3.63, 3.8) is 0 Å². The Balaban J connectivity index is 1.34. The number of hydrogen-bond acceptors (Lipinski definition) is 5. The van der Waals surface area contributed by atoms with Crippen LogP contribution in [-0.4, -0.2) is 41.3 Å². The van der Waals surface area contributed by atoms with Gasteiger partial charge >= 0.3 is 5.97 Å². The maximum atomic E-state index is 13.1. The smallest absolute Gasteiger partial charge is 0.338 e. The molecule has 1 heterocycles. The Morgan fingerprint density at radius 3 is 2.38 bits per heavy atom. The van der Waals surface area contributed by atoms with Crippen LogP contribution in [0.2, 0.25) is 0 Å². The third-order valence-corrected chi connectivity index (χ3v) is 6.58. The molecule has 0 saturated carbocycles. The van der Waals surface area contributed by atoms with E-state index in [4.69, 9.17) is 4.74 Å².